The van der Waals surface area contributed by atoms with Crippen LogP contribution in [0.15, 0.2) is 73.3 Å². The first-order valence-electron chi connectivity index (χ1n) is 9.15. The highest BCUT2D eigenvalue weighted by molar-refractivity contribution is 5.34. The molecule has 2 aromatic carbocycles. The minimum absolute atomic E-state index is 0.330. The second-order valence-electron chi connectivity index (χ2n) is 6.29. The highest BCUT2D eigenvalue weighted by Crippen LogP contribution is 2.22. The van der Waals surface area contributed by atoms with Crippen LogP contribution in [0.25, 0.3) is 5.69 Å². The number of nitrogens with zero attached hydrogens (tertiary/aromatic N) is 6. The molecule has 0 amide bonds. The van der Waals surface area contributed by atoms with Crippen molar-refractivity contribution in [2.24, 2.45) is 0 Å². The van der Waals surface area contributed by atoms with Crippen LogP contribution < -0.4 is 10.1 Å². The smallest absolute Gasteiger partial charge is 0.345 e. The van der Waals surface area contributed by atoms with Gasteiger partial charge in [0.05, 0.1) is 12.0 Å². The van der Waals surface area contributed by atoms with Crippen molar-refractivity contribution in [1.82, 2.24) is 35.1 Å². The van der Waals surface area contributed by atoms with Crippen LogP contribution in [-0.4, -0.2) is 36.3 Å². The van der Waals surface area contributed by atoms with Gasteiger partial charge >= 0.3 is 6.01 Å². The van der Waals surface area contributed by atoms with Crippen LogP contribution in [0.2, 0.25) is 0 Å². The van der Waals surface area contributed by atoms with E-state index in [1.807, 2.05) is 61.1 Å². The van der Waals surface area contributed by atoms with E-state index in [1.165, 1.54) is 0 Å². The van der Waals surface area contributed by atoms with Gasteiger partial charge in [0.15, 0.2) is 0 Å². The molecule has 0 spiro atoms. The number of aryl methyl sites for hydroxylation is 1. The zero-order chi connectivity index (χ0) is 19.0. The molecule has 28 heavy (non-hydrogen) atoms. The molecule has 1 N–H and O–H groups in total. The molecule has 0 atom stereocenters. The fourth-order valence-electron chi connectivity index (χ4n) is 2.84. The molecule has 0 saturated carbocycles. The van der Waals surface area contributed by atoms with Crippen LogP contribution in [0, 0.1) is 0 Å². The fraction of sp³-hybridized carbons (Fsp3) is 0.200. The minimum Gasteiger partial charge on any atom is -0.423 e. The van der Waals surface area contributed by atoms with Crippen LogP contribution in [0.1, 0.15) is 12.0 Å². The number of hydrogen-bond acceptors (Lipinski definition) is 6. The van der Waals surface area contributed by atoms with Gasteiger partial charge in [-0.2, -0.15) is 4.68 Å². The number of para-hydroxylation sites is 1. The third-order valence-corrected chi connectivity index (χ3v) is 4.21. The summed E-state index contributed by atoms with van der Waals surface area (Å²) in [7, 11) is 0. The van der Waals surface area contributed by atoms with Gasteiger partial charge in [-0.3, -0.25) is 0 Å². The Morgan fingerprint density at radius 3 is 2.82 bits per heavy atom. The van der Waals surface area contributed by atoms with Crippen LogP contribution in [-0.2, 0) is 13.1 Å². The Hall–Kier alpha value is -3.52. The first kappa shape index (κ1) is 17.9. The van der Waals surface area contributed by atoms with E-state index in [1.54, 1.807) is 10.9 Å². The van der Waals surface area contributed by atoms with Crippen LogP contribution in [0.5, 0.6) is 11.8 Å². The molecule has 0 radical (unpaired) electrons. The fourth-order valence-corrected chi connectivity index (χ4v) is 2.84. The number of hydrogen-bond donors (Lipinski definition) is 1. The monoisotopic (exact) mass is 375 g/mol. The molecule has 8 heteroatoms. The van der Waals surface area contributed by atoms with Crippen molar-refractivity contribution in [3.05, 3.63) is 78.9 Å². The van der Waals surface area contributed by atoms with E-state index >= 15 is 0 Å². The third-order valence-electron chi connectivity index (χ3n) is 4.21. The molecule has 0 unspecified atom stereocenters. The number of aromatic nitrogens is 6. The van der Waals surface area contributed by atoms with Gasteiger partial charge in [0.2, 0.25) is 0 Å². The Labute approximate surface area is 162 Å². The van der Waals surface area contributed by atoms with Gasteiger partial charge < -0.3 is 14.6 Å². The second kappa shape index (κ2) is 8.92. The summed E-state index contributed by atoms with van der Waals surface area (Å²) >= 11 is 0. The summed E-state index contributed by atoms with van der Waals surface area (Å²) in [5.41, 5.74) is 1.98. The Morgan fingerprint density at radius 1 is 1.04 bits per heavy atom. The summed E-state index contributed by atoms with van der Waals surface area (Å²) in [6.45, 7) is 2.65. The molecule has 8 nitrogen and oxygen atoms in total. The van der Waals surface area contributed by atoms with Crippen LogP contribution in [0.4, 0.5) is 0 Å². The number of imidazole rings is 1. The molecule has 2 heterocycles. The molecular weight excluding hydrogens is 354 g/mol. The van der Waals surface area contributed by atoms with Crippen molar-refractivity contribution in [1.29, 1.82) is 0 Å². The Bertz CT molecular complexity index is 983. The van der Waals surface area contributed by atoms with Gasteiger partial charge in [0.25, 0.3) is 0 Å². The van der Waals surface area contributed by atoms with E-state index in [-0.39, 0.29) is 0 Å². The number of rotatable bonds is 9. The highest BCUT2D eigenvalue weighted by atomic mass is 16.5. The van der Waals surface area contributed by atoms with Crippen molar-refractivity contribution < 1.29 is 4.74 Å². The summed E-state index contributed by atoms with van der Waals surface area (Å²) in [5.74, 6) is 0.699. The van der Waals surface area contributed by atoms with E-state index in [0.717, 1.165) is 37.3 Å². The molecule has 0 aliphatic heterocycles. The van der Waals surface area contributed by atoms with Crippen molar-refractivity contribution in [2.45, 2.75) is 19.5 Å². The lowest BCUT2D eigenvalue weighted by Crippen LogP contribution is -2.16. The summed E-state index contributed by atoms with van der Waals surface area (Å²) in [6.07, 6.45) is 6.65. The Balaban J connectivity index is 1.32. The summed E-state index contributed by atoms with van der Waals surface area (Å²) in [5, 5.41) is 15.2. The predicted molar refractivity (Wildman–Crippen MR) is 104 cm³/mol. The molecule has 0 bridgehead atoms. The van der Waals surface area contributed by atoms with Crippen molar-refractivity contribution >= 4 is 0 Å². The maximum absolute atomic E-state index is 5.91. The molecule has 142 valence electrons. The third kappa shape index (κ3) is 4.60. The molecule has 0 saturated heterocycles. The van der Waals surface area contributed by atoms with E-state index < -0.39 is 0 Å². The molecule has 0 aliphatic carbocycles. The van der Waals surface area contributed by atoms with Crippen molar-refractivity contribution in [2.75, 3.05) is 6.54 Å². The zero-order valence-electron chi connectivity index (χ0n) is 15.3. The normalized spacial score (nSPS) is 10.9. The van der Waals surface area contributed by atoms with Crippen molar-refractivity contribution in [3.8, 4) is 17.4 Å². The lowest BCUT2D eigenvalue weighted by atomic mass is 10.2. The van der Waals surface area contributed by atoms with Gasteiger partial charge in [-0.15, -0.1) is 0 Å². The van der Waals surface area contributed by atoms with Crippen molar-refractivity contribution in [3.63, 3.8) is 0 Å². The number of ether oxygens (including phenoxy) is 1. The van der Waals surface area contributed by atoms with Gasteiger partial charge in [0.1, 0.15) is 5.75 Å². The lowest BCUT2D eigenvalue weighted by Gasteiger charge is -2.09. The minimum atomic E-state index is 0.330. The van der Waals surface area contributed by atoms with Crippen LogP contribution >= 0.6 is 0 Å². The van der Waals surface area contributed by atoms with Crippen LogP contribution in [0.3, 0.4) is 0 Å². The first-order valence-corrected chi connectivity index (χ1v) is 9.15. The summed E-state index contributed by atoms with van der Waals surface area (Å²) < 4.78 is 9.56. The van der Waals surface area contributed by atoms with E-state index in [2.05, 4.69) is 36.5 Å². The maximum Gasteiger partial charge on any atom is 0.345 e. The Kier molecular flexibility index (Phi) is 5.69. The zero-order valence-corrected chi connectivity index (χ0v) is 15.3. The number of nitrogens with one attached hydrogen (secondary N) is 1. The predicted octanol–water partition coefficient (Wildman–Crippen LogP) is 2.83. The topological polar surface area (TPSA) is 82.7 Å². The standard InChI is InChI=1S/C20H21N7O/c1-2-7-18(8-3-1)27-20(23-24-25-27)28-19-9-4-6-17(14-19)15-21-10-5-12-26-13-11-22-16-26/h1-4,6-9,11,13-14,16,21H,5,10,12,15H2. The summed E-state index contributed by atoms with van der Waals surface area (Å²) in [4.78, 5) is 4.05. The Morgan fingerprint density at radius 2 is 1.96 bits per heavy atom. The largest absolute Gasteiger partial charge is 0.423 e. The quantitative estimate of drug-likeness (QED) is 0.453. The van der Waals surface area contributed by atoms with Gasteiger partial charge in [-0.25, -0.2) is 4.98 Å². The molecule has 4 rings (SSSR count). The van der Waals surface area contributed by atoms with Gasteiger partial charge in [0, 0.05) is 25.5 Å². The molecule has 0 aliphatic rings. The van der Waals surface area contributed by atoms with E-state index in [9.17, 15) is 0 Å². The first-order chi connectivity index (χ1) is 13.9. The number of benzene rings is 2. The van der Waals surface area contributed by atoms with E-state index in [4.69, 9.17) is 4.74 Å². The highest BCUT2D eigenvalue weighted by Gasteiger charge is 2.10. The SMILES string of the molecule is c1ccc(-n2nnnc2Oc2cccc(CNCCCn3ccnc3)c2)cc1. The molecule has 4 aromatic rings. The molecular formula is C20H21N7O. The average Bonchev–Trinajstić information content (AvgIpc) is 3.41. The maximum atomic E-state index is 5.91. The molecule has 0 fully saturated rings. The second-order valence-corrected chi connectivity index (χ2v) is 6.29. The van der Waals surface area contributed by atoms with E-state index in [0.29, 0.717) is 11.8 Å². The average molecular weight is 375 g/mol. The summed E-state index contributed by atoms with van der Waals surface area (Å²) in [6, 6.07) is 17.9. The van der Waals surface area contributed by atoms with Gasteiger partial charge in [-0.05, 0) is 53.2 Å². The van der Waals surface area contributed by atoms with Gasteiger partial charge in [-0.1, -0.05) is 35.4 Å². The molecule has 2 aromatic heterocycles. The number of tetrazole rings is 1. The lowest BCUT2D eigenvalue weighted by molar-refractivity contribution is 0.426.